The molecule has 0 saturated heterocycles. The van der Waals surface area contributed by atoms with Gasteiger partial charge in [0.1, 0.15) is 6.04 Å². The zero-order valence-electron chi connectivity index (χ0n) is 10.1. The van der Waals surface area contributed by atoms with Gasteiger partial charge in [-0.3, -0.25) is 9.69 Å². The monoisotopic (exact) mass is 253 g/mol. The Kier molecular flexibility index (Phi) is 4.18. The lowest BCUT2D eigenvalue weighted by molar-refractivity contribution is -0.144. The number of aliphatic carboxylic acids is 1. The minimum absolute atomic E-state index is 0.421. The number of hydrogen-bond acceptors (Lipinski definition) is 3. The van der Waals surface area contributed by atoms with Crippen LogP contribution in [-0.2, 0) is 4.79 Å². The highest BCUT2D eigenvalue weighted by Gasteiger charge is 2.30. The first kappa shape index (κ1) is 12.6. The second-order valence-electron chi connectivity index (χ2n) is 4.75. The van der Waals surface area contributed by atoms with Crippen LogP contribution in [0.5, 0.6) is 0 Å². The van der Waals surface area contributed by atoms with Gasteiger partial charge in [0.25, 0.3) is 0 Å². The van der Waals surface area contributed by atoms with Crippen molar-refractivity contribution in [2.45, 2.75) is 44.2 Å². The Labute approximate surface area is 106 Å². The van der Waals surface area contributed by atoms with Crippen LogP contribution in [0.15, 0.2) is 16.8 Å². The highest BCUT2D eigenvalue weighted by Crippen LogP contribution is 2.30. The summed E-state index contributed by atoms with van der Waals surface area (Å²) in [5.41, 5.74) is 0.913. The van der Waals surface area contributed by atoms with E-state index in [4.69, 9.17) is 0 Å². The second-order valence-corrected chi connectivity index (χ2v) is 5.53. The Morgan fingerprint density at radius 1 is 1.47 bits per heavy atom. The van der Waals surface area contributed by atoms with Crippen LogP contribution in [-0.4, -0.2) is 29.1 Å². The van der Waals surface area contributed by atoms with Gasteiger partial charge in [0.15, 0.2) is 0 Å². The van der Waals surface area contributed by atoms with Crippen molar-refractivity contribution >= 4 is 17.3 Å². The fourth-order valence-corrected chi connectivity index (χ4v) is 3.36. The molecule has 1 N–H and O–H groups in total. The fourth-order valence-electron chi connectivity index (χ4n) is 2.68. The summed E-state index contributed by atoms with van der Waals surface area (Å²) in [7, 11) is 1.95. The highest BCUT2D eigenvalue weighted by atomic mass is 32.1. The van der Waals surface area contributed by atoms with Crippen molar-refractivity contribution < 1.29 is 9.90 Å². The molecule has 1 fully saturated rings. The molecule has 1 aliphatic rings. The van der Waals surface area contributed by atoms with E-state index in [9.17, 15) is 9.90 Å². The van der Waals surface area contributed by atoms with E-state index in [-0.39, 0.29) is 0 Å². The molecule has 2 rings (SSSR count). The quantitative estimate of drug-likeness (QED) is 0.896. The summed E-state index contributed by atoms with van der Waals surface area (Å²) in [6.07, 6.45) is 6.01. The molecule has 0 bridgehead atoms. The number of likely N-dealkylation sites (N-methyl/N-ethyl adjacent to an activating group) is 1. The van der Waals surface area contributed by atoms with E-state index in [1.54, 1.807) is 11.3 Å². The van der Waals surface area contributed by atoms with Crippen LogP contribution in [0, 0.1) is 0 Å². The van der Waals surface area contributed by atoms with Gasteiger partial charge in [-0.25, -0.2) is 0 Å². The number of carboxylic acid groups (broad SMARTS) is 1. The average Bonchev–Trinajstić information content (AvgIpc) is 2.83. The summed E-state index contributed by atoms with van der Waals surface area (Å²) in [6.45, 7) is 0. The van der Waals surface area contributed by atoms with E-state index in [0.717, 1.165) is 18.4 Å². The summed E-state index contributed by atoms with van der Waals surface area (Å²) < 4.78 is 0. The second kappa shape index (κ2) is 5.65. The average molecular weight is 253 g/mol. The van der Waals surface area contributed by atoms with Crippen LogP contribution in [0.3, 0.4) is 0 Å². The summed E-state index contributed by atoms with van der Waals surface area (Å²) in [4.78, 5) is 13.5. The van der Waals surface area contributed by atoms with Crippen LogP contribution in [0.2, 0.25) is 0 Å². The van der Waals surface area contributed by atoms with Gasteiger partial charge in [-0.05, 0) is 42.3 Å². The molecular formula is C13H19NO2S. The molecule has 1 heterocycles. The number of hydrogen-bond donors (Lipinski definition) is 1. The minimum Gasteiger partial charge on any atom is -0.480 e. The van der Waals surface area contributed by atoms with Gasteiger partial charge in [0, 0.05) is 6.04 Å². The van der Waals surface area contributed by atoms with E-state index in [0.29, 0.717) is 6.04 Å². The Hall–Kier alpha value is -0.870. The van der Waals surface area contributed by atoms with Gasteiger partial charge in [-0.2, -0.15) is 11.3 Å². The topological polar surface area (TPSA) is 40.5 Å². The summed E-state index contributed by atoms with van der Waals surface area (Å²) in [5.74, 6) is -0.739. The molecule has 1 unspecified atom stereocenters. The molecule has 0 aliphatic heterocycles. The molecule has 0 amide bonds. The van der Waals surface area contributed by atoms with Crippen molar-refractivity contribution in [2.75, 3.05) is 7.05 Å². The predicted molar refractivity (Wildman–Crippen MR) is 69.3 cm³/mol. The zero-order valence-corrected chi connectivity index (χ0v) is 10.9. The van der Waals surface area contributed by atoms with Crippen LogP contribution < -0.4 is 0 Å². The van der Waals surface area contributed by atoms with Crippen LogP contribution in [0.4, 0.5) is 0 Å². The van der Waals surface area contributed by atoms with E-state index in [2.05, 4.69) is 0 Å². The SMILES string of the molecule is CN(C1CCCCC1)C(C(=O)O)c1ccsc1. The summed E-state index contributed by atoms with van der Waals surface area (Å²) in [5, 5.41) is 13.3. The Morgan fingerprint density at radius 3 is 2.71 bits per heavy atom. The third-order valence-electron chi connectivity index (χ3n) is 3.65. The third-order valence-corrected chi connectivity index (χ3v) is 4.35. The predicted octanol–water partition coefficient (Wildman–Crippen LogP) is 3.14. The normalized spacial score (nSPS) is 19.4. The molecule has 1 aromatic rings. The molecule has 1 aliphatic carbocycles. The first-order chi connectivity index (χ1) is 8.20. The number of rotatable bonds is 4. The van der Waals surface area contributed by atoms with E-state index in [1.807, 2.05) is 28.8 Å². The maximum absolute atomic E-state index is 11.4. The first-order valence-corrected chi connectivity index (χ1v) is 7.11. The van der Waals surface area contributed by atoms with Gasteiger partial charge < -0.3 is 5.11 Å². The van der Waals surface area contributed by atoms with Crippen molar-refractivity contribution in [3.05, 3.63) is 22.4 Å². The largest absolute Gasteiger partial charge is 0.480 e. The standard InChI is InChI=1S/C13H19NO2S/c1-14(11-5-3-2-4-6-11)12(13(15)16)10-7-8-17-9-10/h7-9,11-12H,2-6H2,1H3,(H,15,16). The Bertz CT molecular complexity index is 358. The lowest BCUT2D eigenvalue weighted by Gasteiger charge is -2.35. The molecule has 0 spiro atoms. The molecule has 0 aromatic carbocycles. The third kappa shape index (κ3) is 2.87. The number of carboxylic acids is 1. The van der Waals surface area contributed by atoms with Gasteiger partial charge >= 0.3 is 5.97 Å². The van der Waals surface area contributed by atoms with Crippen molar-refractivity contribution in [1.29, 1.82) is 0 Å². The lowest BCUT2D eigenvalue weighted by atomic mass is 9.93. The molecule has 94 valence electrons. The molecular weight excluding hydrogens is 234 g/mol. The molecule has 0 radical (unpaired) electrons. The maximum atomic E-state index is 11.4. The number of thiophene rings is 1. The van der Waals surface area contributed by atoms with Crippen molar-refractivity contribution in [2.24, 2.45) is 0 Å². The minimum atomic E-state index is -0.739. The molecule has 1 saturated carbocycles. The summed E-state index contributed by atoms with van der Waals surface area (Å²) >= 11 is 1.56. The fraction of sp³-hybridized carbons (Fsp3) is 0.615. The van der Waals surface area contributed by atoms with Crippen molar-refractivity contribution in [3.63, 3.8) is 0 Å². The molecule has 4 heteroatoms. The Morgan fingerprint density at radius 2 is 2.18 bits per heavy atom. The van der Waals surface area contributed by atoms with Gasteiger partial charge in [0.05, 0.1) is 0 Å². The lowest BCUT2D eigenvalue weighted by Crippen LogP contribution is -2.39. The highest BCUT2D eigenvalue weighted by molar-refractivity contribution is 7.08. The van der Waals surface area contributed by atoms with Crippen LogP contribution in [0.1, 0.15) is 43.7 Å². The zero-order chi connectivity index (χ0) is 12.3. The Balaban J connectivity index is 2.12. The van der Waals surface area contributed by atoms with Gasteiger partial charge in [-0.1, -0.05) is 19.3 Å². The first-order valence-electron chi connectivity index (χ1n) is 6.17. The van der Waals surface area contributed by atoms with E-state index < -0.39 is 12.0 Å². The number of nitrogens with zero attached hydrogens (tertiary/aromatic N) is 1. The molecule has 3 nitrogen and oxygen atoms in total. The maximum Gasteiger partial charge on any atom is 0.325 e. The van der Waals surface area contributed by atoms with Gasteiger partial charge in [-0.15, -0.1) is 0 Å². The molecule has 1 atom stereocenters. The molecule has 17 heavy (non-hydrogen) atoms. The smallest absolute Gasteiger partial charge is 0.325 e. The van der Waals surface area contributed by atoms with E-state index in [1.165, 1.54) is 19.3 Å². The van der Waals surface area contributed by atoms with Crippen LogP contribution in [0.25, 0.3) is 0 Å². The number of carbonyl (C=O) groups is 1. The van der Waals surface area contributed by atoms with Crippen molar-refractivity contribution in [1.82, 2.24) is 4.90 Å². The molecule has 1 aromatic heterocycles. The van der Waals surface area contributed by atoms with Crippen LogP contribution >= 0.6 is 11.3 Å². The van der Waals surface area contributed by atoms with E-state index >= 15 is 0 Å². The van der Waals surface area contributed by atoms with Crippen molar-refractivity contribution in [3.8, 4) is 0 Å². The van der Waals surface area contributed by atoms with Gasteiger partial charge in [0.2, 0.25) is 0 Å². The summed E-state index contributed by atoms with van der Waals surface area (Å²) in [6, 6.07) is 1.86.